The Morgan fingerprint density at radius 3 is 2.33 bits per heavy atom. The highest BCUT2D eigenvalue weighted by Crippen LogP contribution is 2.07. The molecular weight excluding hydrogens is 176 g/mol. The molecule has 0 fully saturated rings. The van der Waals surface area contributed by atoms with Crippen LogP contribution in [-0.2, 0) is 0 Å². The number of benzene rings is 1. The molecule has 0 aliphatic heterocycles. The predicted molar refractivity (Wildman–Crippen MR) is 46.7 cm³/mol. The van der Waals surface area contributed by atoms with Gasteiger partial charge in [-0.3, -0.25) is 4.79 Å². The van der Waals surface area contributed by atoms with Crippen molar-refractivity contribution >= 4 is 23.7 Å². The van der Waals surface area contributed by atoms with Crippen molar-refractivity contribution in [1.82, 2.24) is 0 Å². The number of thiol groups is 1. The van der Waals surface area contributed by atoms with Crippen LogP contribution in [0, 0.1) is 0 Å². The van der Waals surface area contributed by atoms with Crippen LogP contribution in [-0.4, -0.2) is 16.2 Å². The van der Waals surface area contributed by atoms with Gasteiger partial charge >= 0.3 is 5.97 Å². The van der Waals surface area contributed by atoms with E-state index in [2.05, 4.69) is 12.6 Å². The lowest BCUT2D eigenvalue weighted by Crippen LogP contribution is -1.98. The molecule has 0 aliphatic rings. The summed E-state index contributed by atoms with van der Waals surface area (Å²) in [4.78, 5) is 21.1. The number of carbonyl (C=O) groups excluding carboxylic acids is 1. The zero-order valence-corrected chi connectivity index (χ0v) is 6.91. The fraction of sp³-hybridized carbons (Fsp3) is 0. The molecule has 12 heavy (non-hydrogen) atoms. The first kappa shape index (κ1) is 8.80. The Morgan fingerprint density at radius 2 is 1.83 bits per heavy atom. The second-order valence-corrected chi connectivity index (χ2v) is 2.60. The second-order valence-electron chi connectivity index (χ2n) is 2.19. The molecule has 0 aliphatic carbocycles. The number of hydrogen-bond donors (Lipinski definition) is 2. The van der Waals surface area contributed by atoms with Gasteiger partial charge in [0.25, 0.3) is 0 Å². The number of aromatic carboxylic acids is 1. The van der Waals surface area contributed by atoms with Gasteiger partial charge in [-0.15, -0.1) is 12.6 Å². The summed E-state index contributed by atoms with van der Waals surface area (Å²) in [7, 11) is 0. The van der Waals surface area contributed by atoms with E-state index in [1.54, 1.807) is 0 Å². The Bertz CT molecular complexity index is 304. The highest BCUT2D eigenvalue weighted by Gasteiger charge is 2.05. The molecule has 3 nitrogen and oxygen atoms in total. The van der Waals surface area contributed by atoms with Crippen molar-refractivity contribution in [3.8, 4) is 0 Å². The minimum atomic E-state index is -1.05. The van der Waals surface area contributed by atoms with Crippen molar-refractivity contribution in [2.75, 3.05) is 0 Å². The Morgan fingerprint density at radius 1 is 1.25 bits per heavy atom. The highest BCUT2D eigenvalue weighted by atomic mass is 32.1. The van der Waals surface area contributed by atoms with E-state index in [0.29, 0.717) is 5.56 Å². The summed E-state index contributed by atoms with van der Waals surface area (Å²) >= 11 is 3.57. The first-order valence-electron chi connectivity index (χ1n) is 3.18. The standard InChI is InChI=1S/C8H6O3S/c9-7(10)5-2-1-3-6(4-5)8(11)12/h1-4H,(H,9,10)(H,11,12). The first-order chi connectivity index (χ1) is 5.61. The number of carboxylic acid groups (broad SMARTS) is 1. The Balaban J connectivity index is 3.12. The lowest BCUT2D eigenvalue weighted by molar-refractivity contribution is 0.0697. The summed E-state index contributed by atoms with van der Waals surface area (Å²) in [6.45, 7) is 0. The first-order valence-corrected chi connectivity index (χ1v) is 3.62. The van der Waals surface area contributed by atoms with E-state index in [-0.39, 0.29) is 5.56 Å². The molecule has 0 spiro atoms. The lowest BCUT2D eigenvalue weighted by Gasteiger charge is -1.95. The minimum absolute atomic E-state index is 0.0925. The van der Waals surface area contributed by atoms with Gasteiger partial charge in [-0.1, -0.05) is 12.1 Å². The molecule has 4 heteroatoms. The van der Waals surface area contributed by atoms with Gasteiger partial charge in [-0.2, -0.15) is 0 Å². The molecule has 0 unspecified atom stereocenters. The predicted octanol–water partition coefficient (Wildman–Crippen LogP) is 1.45. The van der Waals surface area contributed by atoms with Gasteiger partial charge in [0.2, 0.25) is 5.12 Å². The quantitative estimate of drug-likeness (QED) is 0.681. The molecule has 0 bridgehead atoms. The maximum absolute atomic E-state index is 10.7. The zero-order valence-electron chi connectivity index (χ0n) is 6.02. The van der Waals surface area contributed by atoms with E-state index >= 15 is 0 Å². The minimum Gasteiger partial charge on any atom is -0.478 e. The van der Waals surface area contributed by atoms with Crippen LogP contribution in [0.2, 0.25) is 0 Å². The average Bonchev–Trinajstić information content (AvgIpc) is 2.04. The fourth-order valence-corrected chi connectivity index (χ4v) is 0.924. The molecular formula is C8H6O3S. The molecule has 1 rings (SSSR count). The van der Waals surface area contributed by atoms with E-state index in [4.69, 9.17) is 5.11 Å². The lowest BCUT2D eigenvalue weighted by atomic mass is 10.1. The molecule has 0 aromatic heterocycles. The van der Waals surface area contributed by atoms with Gasteiger partial charge in [0.05, 0.1) is 5.56 Å². The van der Waals surface area contributed by atoms with Gasteiger partial charge < -0.3 is 5.11 Å². The summed E-state index contributed by atoms with van der Waals surface area (Å²) in [6.07, 6.45) is 0. The largest absolute Gasteiger partial charge is 0.478 e. The number of hydrogen-bond acceptors (Lipinski definition) is 2. The van der Waals surface area contributed by atoms with Crippen LogP contribution in [0.3, 0.4) is 0 Å². The maximum Gasteiger partial charge on any atom is 0.335 e. The van der Waals surface area contributed by atoms with Crippen LogP contribution in [0.4, 0.5) is 0 Å². The van der Waals surface area contributed by atoms with Gasteiger partial charge in [0, 0.05) is 5.56 Å². The molecule has 1 aromatic carbocycles. The summed E-state index contributed by atoms with van der Waals surface area (Å²) in [5, 5.41) is 8.12. The van der Waals surface area contributed by atoms with Crippen LogP contribution in [0.5, 0.6) is 0 Å². The molecule has 1 N–H and O–H groups in total. The molecule has 0 saturated carbocycles. The summed E-state index contributed by atoms with van der Waals surface area (Å²) in [5.74, 6) is -1.05. The van der Waals surface area contributed by atoms with E-state index in [9.17, 15) is 9.59 Å². The smallest absolute Gasteiger partial charge is 0.335 e. The van der Waals surface area contributed by atoms with Crippen LogP contribution in [0.15, 0.2) is 24.3 Å². The van der Waals surface area contributed by atoms with Crippen molar-refractivity contribution in [1.29, 1.82) is 0 Å². The van der Waals surface area contributed by atoms with Crippen LogP contribution >= 0.6 is 12.6 Å². The Kier molecular flexibility index (Phi) is 2.50. The number of carboxylic acids is 1. The highest BCUT2D eigenvalue weighted by molar-refractivity contribution is 7.97. The van der Waals surface area contributed by atoms with Gasteiger partial charge in [0.1, 0.15) is 0 Å². The molecule has 0 radical (unpaired) electrons. The summed E-state index contributed by atoms with van der Waals surface area (Å²) < 4.78 is 0. The van der Waals surface area contributed by atoms with Crippen molar-refractivity contribution in [2.45, 2.75) is 0 Å². The van der Waals surface area contributed by atoms with Crippen molar-refractivity contribution in [3.05, 3.63) is 35.4 Å². The molecule has 0 amide bonds. The van der Waals surface area contributed by atoms with Crippen molar-refractivity contribution in [3.63, 3.8) is 0 Å². The Hall–Kier alpha value is -1.29. The van der Waals surface area contributed by atoms with E-state index in [0.717, 1.165) is 0 Å². The fourth-order valence-electron chi connectivity index (χ4n) is 0.785. The van der Waals surface area contributed by atoms with Crippen LogP contribution in [0.25, 0.3) is 0 Å². The van der Waals surface area contributed by atoms with E-state index in [1.165, 1.54) is 24.3 Å². The maximum atomic E-state index is 10.7. The molecule has 0 saturated heterocycles. The topological polar surface area (TPSA) is 54.4 Å². The normalized spacial score (nSPS) is 9.42. The molecule has 0 atom stereocenters. The molecule has 0 heterocycles. The third-order valence-corrected chi connectivity index (χ3v) is 1.61. The third kappa shape index (κ3) is 1.85. The monoisotopic (exact) mass is 182 g/mol. The van der Waals surface area contributed by atoms with Gasteiger partial charge in [-0.25, -0.2) is 4.79 Å². The SMILES string of the molecule is O=C(O)c1cccc(C(=O)S)c1. The number of carbonyl (C=O) groups is 2. The summed E-state index contributed by atoms with van der Waals surface area (Å²) in [5.41, 5.74) is 0.383. The van der Waals surface area contributed by atoms with Gasteiger partial charge in [-0.05, 0) is 12.1 Å². The van der Waals surface area contributed by atoms with Crippen LogP contribution in [0.1, 0.15) is 20.7 Å². The third-order valence-electron chi connectivity index (χ3n) is 1.36. The average molecular weight is 182 g/mol. The Labute approximate surface area is 74.4 Å². The molecule has 62 valence electrons. The van der Waals surface area contributed by atoms with Gasteiger partial charge in [0.15, 0.2) is 0 Å². The second kappa shape index (κ2) is 3.40. The van der Waals surface area contributed by atoms with E-state index in [1.807, 2.05) is 0 Å². The van der Waals surface area contributed by atoms with E-state index < -0.39 is 11.1 Å². The summed E-state index contributed by atoms with van der Waals surface area (Å²) in [6, 6.07) is 5.73. The van der Waals surface area contributed by atoms with Crippen LogP contribution < -0.4 is 0 Å². The van der Waals surface area contributed by atoms with Crippen molar-refractivity contribution in [2.24, 2.45) is 0 Å². The zero-order chi connectivity index (χ0) is 9.14. The molecule has 1 aromatic rings. The van der Waals surface area contributed by atoms with Crippen molar-refractivity contribution < 1.29 is 14.7 Å². The number of rotatable bonds is 2.